The molecular weight excluding hydrogens is 277 g/mol. The lowest BCUT2D eigenvalue weighted by molar-refractivity contribution is -0.179. The normalized spacial score (nSPS) is 13.0. The second-order valence-electron chi connectivity index (χ2n) is 4.22. The molecule has 0 aliphatic carbocycles. The molecule has 0 bridgehead atoms. The minimum absolute atomic E-state index is 0.0944. The van der Waals surface area contributed by atoms with Crippen molar-refractivity contribution in [2.24, 2.45) is 5.92 Å². The van der Waals surface area contributed by atoms with Crippen LogP contribution in [0.3, 0.4) is 0 Å². The van der Waals surface area contributed by atoms with Gasteiger partial charge in [-0.1, -0.05) is 12.1 Å². The van der Waals surface area contributed by atoms with Crippen LogP contribution in [0.15, 0.2) is 24.3 Å². The van der Waals surface area contributed by atoms with E-state index in [4.69, 9.17) is 9.84 Å². The number of carboxylic acid groups (broad SMARTS) is 1. The van der Waals surface area contributed by atoms with E-state index in [0.29, 0.717) is 11.3 Å². The first-order chi connectivity index (χ1) is 9.31. The summed E-state index contributed by atoms with van der Waals surface area (Å²) in [4.78, 5) is 11.0. The number of hydrogen-bond acceptors (Lipinski definition) is 3. The topological polar surface area (TPSA) is 55.8 Å². The molecule has 1 aromatic rings. The second-order valence-corrected chi connectivity index (χ2v) is 4.22. The Morgan fingerprint density at radius 3 is 2.35 bits per heavy atom. The molecule has 0 aliphatic heterocycles. The monoisotopic (exact) mass is 292 g/mol. The van der Waals surface area contributed by atoms with Crippen LogP contribution in [-0.2, 0) is 16.0 Å². The van der Waals surface area contributed by atoms with Crippen LogP contribution in [0.1, 0.15) is 5.56 Å². The third-order valence-electron chi connectivity index (χ3n) is 2.58. The summed E-state index contributed by atoms with van der Waals surface area (Å²) in [6.45, 7) is -1.93. The first kappa shape index (κ1) is 16.3. The predicted octanol–water partition coefficient (Wildman–Crippen LogP) is 2.52. The fourth-order valence-electron chi connectivity index (χ4n) is 1.58. The van der Waals surface area contributed by atoms with Crippen molar-refractivity contribution in [3.8, 4) is 5.75 Å². The van der Waals surface area contributed by atoms with E-state index in [1.54, 1.807) is 24.3 Å². The van der Waals surface area contributed by atoms with E-state index in [1.165, 1.54) is 7.11 Å². The summed E-state index contributed by atoms with van der Waals surface area (Å²) in [6.07, 6.45) is -4.36. The summed E-state index contributed by atoms with van der Waals surface area (Å²) in [7, 11) is 1.50. The summed E-state index contributed by atoms with van der Waals surface area (Å²) in [5, 5.41) is 8.98. The first-order valence-electron chi connectivity index (χ1n) is 5.82. The highest BCUT2D eigenvalue weighted by molar-refractivity contribution is 5.70. The van der Waals surface area contributed by atoms with Crippen LogP contribution < -0.4 is 4.74 Å². The molecule has 4 nitrogen and oxygen atoms in total. The zero-order chi connectivity index (χ0) is 15.2. The molecule has 0 radical (unpaired) electrons. The van der Waals surface area contributed by atoms with Crippen LogP contribution in [0.5, 0.6) is 5.75 Å². The quantitative estimate of drug-likeness (QED) is 0.839. The van der Waals surface area contributed by atoms with E-state index in [-0.39, 0.29) is 6.42 Å². The second kappa shape index (κ2) is 7.14. The van der Waals surface area contributed by atoms with E-state index in [9.17, 15) is 18.0 Å². The average Bonchev–Trinajstić information content (AvgIpc) is 2.37. The van der Waals surface area contributed by atoms with Gasteiger partial charge in [0.25, 0.3) is 0 Å². The number of carboxylic acids is 1. The van der Waals surface area contributed by atoms with Gasteiger partial charge in [0.15, 0.2) is 0 Å². The molecule has 0 heterocycles. The Kier molecular flexibility index (Phi) is 5.82. The lowest BCUT2D eigenvalue weighted by Gasteiger charge is -2.14. The number of ether oxygens (including phenoxy) is 2. The molecule has 1 atom stereocenters. The number of methoxy groups -OCH3 is 1. The molecule has 0 spiro atoms. The van der Waals surface area contributed by atoms with E-state index in [2.05, 4.69) is 4.74 Å². The van der Waals surface area contributed by atoms with Gasteiger partial charge in [-0.15, -0.1) is 0 Å². The fraction of sp³-hybridized carbons (Fsp3) is 0.462. The number of alkyl halides is 3. The molecule has 0 amide bonds. The minimum Gasteiger partial charge on any atom is -0.497 e. The molecule has 0 saturated carbocycles. The van der Waals surface area contributed by atoms with Gasteiger partial charge in [0.1, 0.15) is 12.4 Å². The Morgan fingerprint density at radius 2 is 1.90 bits per heavy atom. The molecule has 7 heteroatoms. The third-order valence-corrected chi connectivity index (χ3v) is 2.58. The standard InChI is InChI=1S/C13H15F3O4/c1-19-11-4-2-9(3-5-11)6-10(12(17)18)7-20-8-13(14,15)16/h2-5,10H,6-8H2,1H3,(H,17,18). The first-order valence-corrected chi connectivity index (χ1v) is 5.82. The van der Waals surface area contributed by atoms with Gasteiger partial charge in [-0.25, -0.2) is 0 Å². The summed E-state index contributed by atoms with van der Waals surface area (Å²) in [5.41, 5.74) is 0.689. The molecular formula is C13H15F3O4. The predicted molar refractivity (Wildman–Crippen MR) is 64.7 cm³/mol. The highest BCUT2D eigenvalue weighted by Crippen LogP contribution is 2.18. The van der Waals surface area contributed by atoms with Gasteiger partial charge in [-0.05, 0) is 24.1 Å². The summed E-state index contributed by atoms with van der Waals surface area (Å²) in [6, 6.07) is 6.65. The summed E-state index contributed by atoms with van der Waals surface area (Å²) >= 11 is 0. The lowest BCUT2D eigenvalue weighted by atomic mass is 10.0. The fourth-order valence-corrected chi connectivity index (χ4v) is 1.58. The van der Waals surface area contributed by atoms with Crippen molar-refractivity contribution in [3.05, 3.63) is 29.8 Å². The Balaban J connectivity index is 2.55. The Morgan fingerprint density at radius 1 is 1.30 bits per heavy atom. The number of aliphatic carboxylic acids is 1. The molecule has 1 aromatic carbocycles. The molecule has 0 fully saturated rings. The lowest BCUT2D eigenvalue weighted by Crippen LogP contribution is -2.26. The molecule has 112 valence electrons. The maximum atomic E-state index is 11.9. The van der Waals surface area contributed by atoms with Crippen LogP contribution in [0, 0.1) is 5.92 Å². The van der Waals surface area contributed by atoms with E-state index < -0.39 is 31.3 Å². The average molecular weight is 292 g/mol. The van der Waals surface area contributed by atoms with Crippen molar-refractivity contribution in [1.82, 2.24) is 0 Å². The van der Waals surface area contributed by atoms with Gasteiger partial charge in [0.2, 0.25) is 0 Å². The summed E-state index contributed by atoms with van der Waals surface area (Å²) < 4.78 is 45.2. The molecule has 1 unspecified atom stereocenters. The molecule has 20 heavy (non-hydrogen) atoms. The van der Waals surface area contributed by atoms with Gasteiger partial charge in [-0.3, -0.25) is 4.79 Å². The maximum Gasteiger partial charge on any atom is 0.411 e. The Bertz CT molecular complexity index is 428. The van der Waals surface area contributed by atoms with Crippen molar-refractivity contribution < 1.29 is 32.5 Å². The van der Waals surface area contributed by atoms with Gasteiger partial charge < -0.3 is 14.6 Å². The van der Waals surface area contributed by atoms with Gasteiger partial charge in [0.05, 0.1) is 19.6 Å². The zero-order valence-corrected chi connectivity index (χ0v) is 10.8. The number of carbonyl (C=O) groups is 1. The molecule has 0 saturated heterocycles. The number of halogens is 3. The minimum atomic E-state index is -4.46. The highest BCUT2D eigenvalue weighted by Gasteiger charge is 2.29. The number of hydrogen-bond donors (Lipinski definition) is 1. The number of rotatable bonds is 7. The third kappa shape index (κ3) is 5.92. The Hall–Kier alpha value is -1.76. The van der Waals surface area contributed by atoms with E-state index >= 15 is 0 Å². The van der Waals surface area contributed by atoms with Crippen LogP contribution in [0.2, 0.25) is 0 Å². The van der Waals surface area contributed by atoms with Gasteiger partial charge in [0, 0.05) is 0 Å². The highest BCUT2D eigenvalue weighted by atomic mass is 19.4. The van der Waals surface area contributed by atoms with Crippen molar-refractivity contribution in [3.63, 3.8) is 0 Å². The Labute approximate surface area is 114 Å². The maximum absolute atomic E-state index is 11.9. The smallest absolute Gasteiger partial charge is 0.411 e. The van der Waals surface area contributed by atoms with E-state index in [0.717, 1.165) is 0 Å². The molecule has 1 N–H and O–H groups in total. The van der Waals surface area contributed by atoms with Crippen molar-refractivity contribution >= 4 is 5.97 Å². The molecule has 0 aromatic heterocycles. The zero-order valence-electron chi connectivity index (χ0n) is 10.8. The molecule has 1 rings (SSSR count). The largest absolute Gasteiger partial charge is 0.497 e. The van der Waals surface area contributed by atoms with Crippen molar-refractivity contribution in [2.45, 2.75) is 12.6 Å². The van der Waals surface area contributed by atoms with Crippen molar-refractivity contribution in [2.75, 3.05) is 20.3 Å². The van der Waals surface area contributed by atoms with Crippen LogP contribution in [-0.4, -0.2) is 37.6 Å². The van der Waals surface area contributed by atoms with Crippen LogP contribution in [0.4, 0.5) is 13.2 Å². The number of benzene rings is 1. The summed E-state index contributed by atoms with van der Waals surface area (Å²) in [5.74, 6) is -1.59. The van der Waals surface area contributed by atoms with Crippen molar-refractivity contribution in [1.29, 1.82) is 0 Å². The van der Waals surface area contributed by atoms with Crippen LogP contribution in [0.25, 0.3) is 0 Å². The van der Waals surface area contributed by atoms with Gasteiger partial charge >= 0.3 is 12.1 Å². The van der Waals surface area contributed by atoms with Crippen LogP contribution >= 0.6 is 0 Å². The van der Waals surface area contributed by atoms with E-state index in [1.807, 2.05) is 0 Å². The molecule has 0 aliphatic rings. The van der Waals surface area contributed by atoms with Gasteiger partial charge in [-0.2, -0.15) is 13.2 Å². The SMILES string of the molecule is COc1ccc(CC(COCC(F)(F)F)C(=O)O)cc1.